The molecular formula is C22H19N3O. The van der Waals surface area contributed by atoms with E-state index < -0.39 is 5.60 Å². The van der Waals surface area contributed by atoms with Gasteiger partial charge >= 0.3 is 0 Å². The van der Waals surface area contributed by atoms with Crippen LogP contribution < -0.4 is 0 Å². The van der Waals surface area contributed by atoms with Gasteiger partial charge in [0, 0.05) is 0 Å². The van der Waals surface area contributed by atoms with Gasteiger partial charge in [0.2, 0.25) is 0 Å². The second kappa shape index (κ2) is 6.94. The van der Waals surface area contributed by atoms with Gasteiger partial charge in [0.05, 0.1) is 12.7 Å². The Morgan fingerprint density at radius 3 is 1.77 bits per heavy atom. The normalized spacial score (nSPS) is 11.4. The molecule has 4 nitrogen and oxygen atoms in total. The van der Waals surface area contributed by atoms with Gasteiger partial charge in [0.25, 0.3) is 0 Å². The maximum atomic E-state index is 11.7. The van der Waals surface area contributed by atoms with Gasteiger partial charge in [-0.1, -0.05) is 96.2 Å². The van der Waals surface area contributed by atoms with E-state index in [1.165, 1.54) is 0 Å². The summed E-state index contributed by atoms with van der Waals surface area (Å²) in [5.41, 5.74) is 1.81. The Bertz CT molecular complexity index is 926. The summed E-state index contributed by atoms with van der Waals surface area (Å²) in [5.74, 6) is 0. The molecule has 4 heteroatoms. The summed E-state index contributed by atoms with van der Waals surface area (Å²) in [5, 5.41) is 20.2. The van der Waals surface area contributed by atoms with Crippen molar-refractivity contribution in [3.05, 3.63) is 120 Å². The third-order valence-electron chi connectivity index (χ3n) is 4.48. The van der Waals surface area contributed by atoms with Crippen molar-refractivity contribution < 1.29 is 5.11 Å². The smallest absolute Gasteiger partial charge is 0.160 e. The molecule has 0 amide bonds. The number of aliphatic hydroxyl groups is 1. The molecule has 0 aliphatic carbocycles. The van der Waals surface area contributed by atoms with Gasteiger partial charge in [-0.3, -0.25) is 0 Å². The summed E-state index contributed by atoms with van der Waals surface area (Å²) >= 11 is 0. The first-order chi connectivity index (χ1) is 12.8. The summed E-state index contributed by atoms with van der Waals surface area (Å²) in [6, 6.07) is 29.2. The zero-order valence-corrected chi connectivity index (χ0v) is 14.2. The number of aromatic nitrogens is 3. The average molecular weight is 341 g/mol. The minimum absolute atomic E-state index is 0.505. The van der Waals surface area contributed by atoms with Crippen molar-refractivity contribution in [2.45, 2.75) is 12.1 Å². The second-order valence-electron chi connectivity index (χ2n) is 6.23. The SMILES string of the molecule is OC(c1ccccc1)(c1ccccc1)c1cn(Cc2ccccc2)nn1. The third-order valence-corrected chi connectivity index (χ3v) is 4.48. The van der Waals surface area contributed by atoms with E-state index in [1.807, 2.05) is 97.2 Å². The van der Waals surface area contributed by atoms with Crippen LogP contribution in [-0.4, -0.2) is 20.1 Å². The van der Waals surface area contributed by atoms with E-state index in [0.717, 1.165) is 16.7 Å². The van der Waals surface area contributed by atoms with Gasteiger partial charge in [0.15, 0.2) is 5.60 Å². The summed E-state index contributed by atoms with van der Waals surface area (Å²) < 4.78 is 1.75. The number of hydrogen-bond donors (Lipinski definition) is 1. The molecule has 0 fully saturated rings. The van der Waals surface area contributed by atoms with Gasteiger partial charge in [-0.25, -0.2) is 4.68 Å². The zero-order chi connectivity index (χ0) is 17.8. The van der Waals surface area contributed by atoms with Crippen LogP contribution in [0.5, 0.6) is 0 Å². The van der Waals surface area contributed by atoms with Crippen LogP contribution >= 0.6 is 0 Å². The molecule has 0 radical (unpaired) electrons. The monoisotopic (exact) mass is 341 g/mol. The second-order valence-corrected chi connectivity index (χ2v) is 6.23. The molecule has 1 N–H and O–H groups in total. The van der Waals surface area contributed by atoms with Crippen LogP contribution in [0, 0.1) is 0 Å². The lowest BCUT2D eigenvalue weighted by molar-refractivity contribution is 0.120. The molecule has 1 heterocycles. The molecule has 0 unspecified atom stereocenters. The molecular weight excluding hydrogens is 322 g/mol. The zero-order valence-electron chi connectivity index (χ0n) is 14.2. The summed E-state index contributed by atoms with van der Waals surface area (Å²) in [6.45, 7) is 0.605. The third kappa shape index (κ3) is 3.03. The Kier molecular flexibility index (Phi) is 4.33. The van der Waals surface area contributed by atoms with Crippen molar-refractivity contribution >= 4 is 0 Å². The van der Waals surface area contributed by atoms with E-state index in [1.54, 1.807) is 4.68 Å². The Labute approximate surface area is 152 Å². The van der Waals surface area contributed by atoms with Crippen LogP contribution in [0.1, 0.15) is 22.4 Å². The molecule has 0 saturated heterocycles. The molecule has 0 aliphatic heterocycles. The Hall–Kier alpha value is -3.24. The maximum Gasteiger partial charge on any atom is 0.160 e. The molecule has 0 spiro atoms. The number of nitrogens with zero attached hydrogens (tertiary/aromatic N) is 3. The first-order valence-electron chi connectivity index (χ1n) is 8.55. The van der Waals surface area contributed by atoms with E-state index in [4.69, 9.17) is 0 Å². The molecule has 4 rings (SSSR count). The lowest BCUT2D eigenvalue weighted by Crippen LogP contribution is -2.29. The average Bonchev–Trinajstić information content (AvgIpc) is 3.18. The Morgan fingerprint density at radius 2 is 1.23 bits per heavy atom. The van der Waals surface area contributed by atoms with Crippen LogP contribution in [0.15, 0.2) is 97.2 Å². The highest BCUT2D eigenvalue weighted by molar-refractivity contribution is 5.43. The van der Waals surface area contributed by atoms with Crippen molar-refractivity contribution in [3.8, 4) is 0 Å². The lowest BCUT2D eigenvalue weighted by Gasteiger charge is -2.27. The fourth-order valence-electron chi connectivity index (χ4n) is 3.13. The predicted molar refractivity (Wildman–Crippen MR) is 101 cm³/mol. The minimum atomic E-state index is -1.35. The Morgan fingerprint density at radius 1 is 0.731 bits per heavy atom. The van der Waals surface area contributed by atoms with Crippen LogP contribution in [0.25, 0.3) is 0 Å². The summed E-state index contributed by atoms with van der Waals surface area (Å²) in [6.07, 6.45) is 1.81. The van der Waals surface area contributed by atoms with E-state index >= 15 is 0 Å². The minimum Gasteiger partial charge on any atom is -0.374 e. The fourth-order valence-corrected chi connectivity index (χ4v) is 3.13. The van der Waals surface area contributed by atoms with E-state index in [9.17, 15) is 5.11 Å². The largest absolute Gasteiger partial charge is 0.374 e. The van der Waals surface area contributed by atoms with Crippen molar-refractivity contribution in [3.63, 3.8) is 0 Å². The maximum absolute atomic E-state index is 11.7. The van der Waals surface area contributed by atoms with E-state index in [0.29, 0.717) is 12.2 Å². The highest BCUT2D eigenvalue weighted by Gasteiger charge is 2.36. The molecule has 128 valence electrons. The molecule has 0 bridgehead atoms. The van der Waals surface area contributed by atoms with Gasteiger partial charge < -0.3 is 5.11 Å². The number of rotatable bonds is 5. The van der Waals surface area contributed by atoms with E-state index in [-0.39, 0.29) is 0 Å². The first kappa shape index (κ1) is 16.2. The fraction of sp³-hybridized carbons (Fsp3) is 0.0909. The molecule has 0 saturated carbocycles. The molecule has 0 aliphatic rings. The van der Waals surface area contributed by atoms with Crippen LogP contribution in [0.4, 0.5) is 0 Å². The van der Waals surface area contributed by atoms with Gasteiger partial charge in [-0.15, -0.1) is 5.10 Å². The molecule has 1 aromatic heterocycles. The molecule has 0 atom stereocenters. The number of benzene rings is 3. The number of hydrogen-bond acceptors (Lipinski definition) is 3. The highest BCUT2D eigenvalue weighted by Crippen LogP contribution is 2.35. The van der Waals surface area contributed by atoms with Crippen LogP contribution in [-0.2, 0) is 12.1 Å². The summed E-state index contributed by atoms with van der Waals surface area (Å²) in [7, 11) is 0. The topological polar surface area (TPSA) is 50.9 Å². The molecule has 26 heavy (non-hydrogen) atoms. The molecule has 4 aromatic rings. The summed E-state index contributed by atoms with van der Waals surface area (Å²) in [4.78, 5) is 0. The van der Waals surface area contributed by atoms with E-state index in [2.05, 4.69) is 10.3 Å². The van der Waals surface area contributed by atoms with Crippen molar-refractivity contribution in [2.75, 3.05) is 0 Å². The van der Waals surface area contributed by atoms with Gasteiger partial charge in [-0.05, 0) is 16.7 Å². The van der Waals surface area contributed by atoms with Gasteiger partial charge in [-0.2, -0.15) is 0 Å². The first-order valence-corrected chi connectivity index (χ1v) is 8.55. The highest BCUT2D eigenvalue weighted by atomic mass is 16.3. The van der Waals surface area contributed by atoms with Crippen LogP contribution in [0.2, 0.25) is 0 Å². The Balaban J connectivity index is 1.76. The standard InChI is InChI=1S/C22H19N3O/c26-22(19-12-6-2-7-13-19,20-14-8-3-9-15-20)21-17-25(24-23-21)16-18-10-4-1-5-11-18/h1-15,17,26H,16H2. The van der Waals surface area contributed by atoms with Crippen molar-refractivity contribution in [2.24, 2.45) is 0 Å². The lowest BCUT2D eigenvalue weighted by atomic mass is 9.84. The van der Waals surface area contributed by atoms with Crippen molar-refractivity contribution in [1.82, 2.24) is 15.0 Å². The van der Waals surface area contributed by atoms with Crippen molar-refractivity contribution in [1.29, 1.82) is 0 Å². The quantitative estimate of drug-likeness (QED) is 0.603. The van der Waals surface area contributed by atoms with Gasteiger partial charge in [0.1, 0.15) is 5.69 Å². The van der Waals surface area contributed by atoms with Crippen LogP contribution in [0.3, 0.4) is 0 Å². The molecule has 3 aromatic carbocycles. The predicted octanol–water partition coefficient (Wildman–Crippen LogP) is 3.61.